The molecule has 0 aliphatic heterocycles. The molecular formula is C20H27ClN2O4. The number of ether oxygens (including phenoxy) is 1. The summed E-state index contributed by atoms with van der Waals surface area (Å²) in [6.45, 7) is 4.57. The van der Waals surface area contributed by atoms with Crippen molar-refractivity contribution in [2.45, 2.75) is 57.7 Å². The monoisotopic (exact) mass is 394 g/mol. The SMILES string of the molecule is Cc1ccc(Cl)c(OC(C)C(=O)NC2CC(N(CC(=O)O)CC3CC3)C2)c1. The van der Waals surface area contributed by atoms with Gasteiger partial charge in [-0.15, -0.1) is 0 Å². The van der Waals surface area contributed by atoms with Gasteiger partial charge in [0.25, 0.3) is 5.91 Å². The van der Waals surface area contributed by atoms with Gasteiger partial charge in [0.2, 0.25) is 0 Å². The predicted molar refractivity (Wildman–Crippen MR) is 103 cm³/mol. The fourth-order valence-corrected chi connectivity index (χ4v) is 3.58. The van der Waals surface area contributed by atoms with Crippen molar-refractivity contribution in [1.82, 2.24) is 10.2 Å². The maximum Gasteiger partial charge on any atom is 0.317 e. The number of halogens is 1. The Labute approximate surface area is 164 Å². The van der Waals surface area contributed by atoms with Crippen molar-refractivity contribution >= 4 is 23.5 Å². The fourth-order valence-electron chi connectivity index (χ4n) is 3.42. The van der Waals surface area contributed by atoms with E-state index in [9.17, 15) is 9.59 Å². The average molecular weight is 395 g/mol. The molecule has 1 amide bonds. The standard InChI is InChI=1S/C20H27ClN2O4/c1-12-3-6-17(21)18(7-12)27-13(2)20(26)22-15-8-16(9-15)23(11-19(24)25)10-14-4-5-14/h3,6-7,13-16H,4-5,8-11H2,1-2H3,(H,22,26)(H,24,25). The molecule has 0 saturated heterocycles. The molecule has 2 aliphatic rings. The molecule has 7 heteroatoms. The molecule has 2 saturated carbocycles. The van der Waals surface area contributed by atoms with Gasteiger partial charge in [0.1, 0.15) is 5.75 Å². The van der Waals surface area contributed by atoms with E-state index in [1.165, 1.54) is 12.8 Å². The second-order valence-electron chi connectivity index (χ2n) is 7.79. The second-order valence-corrected chi connectivity index (χ2v) is 8.20. The maximum atomic E-state index is 12.4. The van der Waals surface area contributed by atoms with E-state index >= 15 is 0 Å². The molecule has 2 N–H and O–H groups in total. The number of aliphatic carboxylic acids is 1. The van der Waals surface area contributed by atoms with E-state index in [4.69, 9.17) is 21.4 Å². The van der Waals surface area contributed by atoms with Crippen LogP contribution < -0.4 is 10.1 Å². The lowest BCUT2D eigenvalue weighted by Gasteiger charge is -2.43. The van der Waals surface area contributed by atoms with Crippen LogP contribution in [0.3, 0.4) is 0 Å². The van der Waals surface area contributed by atoms with Crippen LogP contribution in [0.4, 0.5) is 0 Å². The first kappa shape index (κ1) is 20.0. The summed E-state index contributed by atoms with van der Waals surface area (Å²) in [4.78, 5) is 25.5. The molecule has 2 fully saturated rings. The molecule has 27 heavy (non-hydrogen) atoms. The summed E-state index contributed by atoms with van der Waals surface area (Å²) in [5, 5.41) is 12.6. The fraction of sp³-hybridized carbons (Fsp3) is 0.600. The van der Waals surface area contributed by atoms with Crippen LogP contribution in [-0.2, 0) is 9.59 Å². The van der Waals surface area contributed by atoms with Gasteiger partial charge < -0.3 is 15.2 Å². The summed E-state index contributed by atoms with van der Waals surface area (Å²) in [7, 11) is 0. The Kier molecular flexibility index (Phi) is 6.27. The Morgan fingerprint density at radius 3 is 2.70 bits per heavy atom. The smallest absolute Gasteiger partial charge is 0.317 e. The summed E-state index contributed by atoms with van der Waals surface area (Å²) in [6.07, 6.45) is 3.30. The summed E-state index contributed by atoms with van der Waals surface area (Å²) in [5.41, 5.74) is 1.01. The zero-order chi connectivity index (χ0) is 19.6. The zero-order valence-corrected chi connectivity index (χ0v) is 16.5. The highest BCUT2D eigenvalue weighted by Gasteiger charge is 2.38. The largest absolute Gasteiger partial charge is 0.480 e. The molecule has 1 aromatic rings. The van der Waals surface area contributed by atoms with E-state index in [1.54, 1.807) is 13.0 Å². The summed E-state index contributed by atoms with van der Waals surface area (Å²) >= 11 is 6.12. The highest BCUT2D eigenvalue weighted by Crippen LogP contribution is 2.34. The second kappa shape index (κ2) is 8.48. The van der Waals surface area contributed by atoms with Crippen molar-refractivity contribution in [3.05, 3.63) is 28.8 Å². The number of carbonyl (C=O) groups excluding carboxylic acids is 1. The number of hydrogen-bond donors (Lipinski definition) is 2. The minimum Gasteiger partial charge on any atom is -0.480 e. The molecular weight excluding hydrogens is 368 g/mol. The third kappa shape index (κ3) is 5.59. The van der Waals surface area contributed by atoms with Gasteiger partial charge in [-0.3, -0.25) is 14.5 Å². The Hall–Kier alpha value is -1.79. The van der Waals surface area contributed by atoms with Gasteiger partial charge in [0, 0.05) is 18.6 Å². The van der Waals surface area contributed by atoms with Crippen molar-refractivity contribution < 1.29 is 19.4 Å². The molecule has 0 aromatic heterocycles. The summed E-state index contributed by atoms with van der Waals surface area (Å²) in [6, 6.07) is 5.75. The van der Waals surface area contributed by atoms with E-state index < -0.39 is 12.1 Å². The van der Waals surface area contributed by atoms with Crippen molar-refractivity contribution in [1.29, 1.82) is 0 Å². The van der Waals surface area contributed by atoms with Gasteiger partial charge in [-0.1, -0.05) is 17.7 Å². The van der Waals surface area contributed by atoms with E-state index in [-0.39, 0.29) is 24.5 Å². The van der Waals surface area contributed by atoms with Crippen molar-refractivity contribution in [3.8, 4) is 5.75 Å². The lowest BCUT2D eigenvalue weighted by atomic mass is 9.85. The number of hydrogen-bond acceptors (Lipinski definition) is 4. The molecule has 0 spiro atoms. The Balaban J connectivity index is 1.46. The van der Waals surface area contributed by atoms with Gasteiger partial charge in [-0.05, 0) is 63.1 Å². The van der Waals surface area contributed by atoms with E-state index in [0.29, 0.717) is 16.7 Å². The third-order valence-corrected chi connectivity index (χ3v) is 5.58. The van der Waals surface area contributed by atoms with Crippen molar-refractivity contribution in [3.63, 3.8) is 0 Å². The van der Waals surface area contributed by atoms with Crippen molar-refractivity contribution in [2.24, 2.45) is 5.92 Å². The number of nitrogens with zero attached hydrogens (tertiary/aromatic N) is 1. The molecule has 0 heterocycles. The first-order chi connectivity index (χ1) is 12.8. The molecule has 3 rings (SSSR count). The van der Waals surface area contributed by atoms with Crippen LogP contribution in [0.25, 0.3) is 0 Å². The first-order valence-corrected chi connectivity index (χ1v) is 9.88. The molecule has 1 unspecified atom stereocenters. The highest BCUT2D eigenvalue weighted by atomic mass is 35.5. The molecule has 2 aliphatic carbocycles. The van der Waals surface area contributed by atoms with E-state index in [2.05, 4.69) is 10.2 Å². The van der Waals surface area contributed by atoms with Crippen LogP contribution >= 0.6 is 11.6 Å². The van der Waals surface area contributed by atoms with Gasteiger partial charge in [-0.25, -0.2) is 0 Å². The van der Waals surface area contributed by atoms with Gasteiger partial charge in [0.15, 0.2) is 6.10 Å². The average Bonchev–Trinajstić information content (AvgIpc) is 3.36. The van der Waals surface area contributed by atoms with Crippen molar-refractivity contribution in [2.75, 3.05) is 13.1 Å². The number of benzene rings is 1. The highest BCUT2D eigenvalue weighted by molar-refractivity contribution is 6.32. The predicted octanol–water partition coefficient (Wildman–Crippen LogP) is 2.86. The minimum absolute atomic E-state index is 0.0667. The summed E-state index contributed by atoms with van der Waals surface area (Å²) < 4.78 is 5.71. The van der Waals surface area contributed by atoms with Crippen LogP contribution in [-0.4, -0.2) is 53.2 Å². The number of carboxylic acids is 1. The first-order valence-electron chi connectivity index (χ1n) is 9.51. The number of rotatable bonds is 9. The number of aryl methyl sites for hydroxylation is 1. The van der Waals surface area contributed by atoms with Gasteiger partial charge >= 0.3 is 5.97 Å². The molecule has 1 atom stereocenters. The molecule has 0 radical (unpaired) electrons. The molecule has 6 nitrogen and oxygen atoms in total. The van der Waals surface area contributed by atoms with Gasteiger partial charge in [-0.2, -0.15) is 0 Å². The Morgan fingerprint density at radius 1 is 1.37 bits per heavy atom. The van der Waals surface area contributed by atoms with Gasteiger partial charge in [0.05, 0.1) is 11.6 Å². The third-order valence-electron chi connectivity index (χ3n) is 5.26. The number of carboxylic acid groups (broad SMARTS) is 1. The number of nitrogens with one attached hydrogen (secondary N) is 1. The lowest BCUT2D eigenvalue weighted by molar-refractivity contribution is -0.140. The topological polar surface area (TPSA) is 78.9 Å². The molecule has 148 valence electrons. The molecule has 1 aromatic carbocycles. The van der Waals surface area contributed by atoms with Crippen LogP contribution in [0.1, 0.15) is 38.2 Å². The van der Waals surface area contributed by atoms with Crippen LogP contribution in [0, 0.1) is 12.8 Å². The number of carbonyl (C=O) groups is 2. The lowest BCUT2D eigenvalue weighted by Crippen LogP contribution is -2.56. The minimum atomic E-state index is -0.791. The normalized spacial score (nSPS) is 22.8. The van der Waals surface area contributed by atoms with E-state index in [1.807, 2.05) is 19.1 Å². The van der Waals surface area contributed by atoms with Crippen LogP contribution in [0.2, 0.25) is 5.02 Å². The number of amides is 1. The van der Waals surface area contributed by atoms with Crippen LogP contribution in [0.5, 0.6) is 5.75 Å². The zero-order valence-electron chi connectivity index (χ0n) is 15.8. The van der Waals surface area contributed by atoms with E-state index in [0.717, 1.165) is 24.9 Å². The Bertz CT molecular complexity index is 701. The quantitative estimate of drug-likeness (QED) is 0.673. The summed E-state index contributed by atoms with van der Waals surface area (Å²) in [5.74, 6) is 0.177. The molecule has 0 bridgehead atoms. The maximum absolute atomic E-state index is 12.4. The van der Waals surface area contributed by atoms with Crippen LogP contribution in [0.15, 0.2) is 18.2 Å². The Morgan fingerprint density at radius 2 is 2.07 bits per heavy atom.